The number of amides is 3. The Morgan fingerprint density at radius 2 is 1.67 bits per heavy atom. The molecule has 1 saturated carbocycles. The maximum atomic E-state index is 14.3. The average Bonchev–Trinajstić information content (AvgIpc) is 3.34. The maximum Gasteiger partial charge on any atom is 0.273 e. The van der Waals surface area contributed by atoms with Gasteiger partial charge < -0.3 is 16.8 Å². The van der Waals surface area contributed by atoms with Crippen LogP contribution < -0.4 is 21.7 Å². The second-order valence-corrected chi connectivity index (χ2v) is 10.4. The smallest absolute Gasteiger partial charge is 0.273 e. The quantitative estimate of drug-likeness (QED) is 0.302. The minimum Gasteiger partial charge on any atom is -0.395 e. The number of halogens is 1. The average molecular weight is 546 g/mol. The molecule has 0 saturated heterocycles. The molecule has 4 aromatic rings. The minimum atomic E-state index is -1.16. The molecular formula is C29H28FN5O3S. The van der Waals surface area contributed by atoms with Crippen LogP contribution in [0.25, 0.3) is 10.8 Å². The summed E-state index contributed by atoms with van der Waals surface area (Å²) in [5.74, 6) is -2.34. The van der Waals surface area contributed by atoms with Crippen LogP contribution in [0.15, 0.2) is 66.7 Å². The molecule has 1 aliphatic carbocycles. The zero-order chi connectivity index (χ0) is 27.5. The molecule has 1 aromatic heterocycles. The number of carbonyl (C=O) groups is 3. The van der Waals surface area contributed by atoms with Crippen molar-refractivity contribution in [1.29, 1.82) is 0 Å². The summed E-state index contributed by atoms with van der Waals surface area (Å²) in [4.78, 5) is 41.6. The van der Waals surface area contributed by atoms with Gasteiger partial charge in [-0.15, -0.1) is 0 Å². The summed E-state index contributed by atoms with van der Waals surface area (Å²) in [6.45, 7) is 0. The number of anilines is 2. The van der Waals surface area contributed by atoms with E-state index in [1.807, 2.05) is 30.3 Å². The first-order valence-electron chi connectivity index (χ1n) is 12.8. The molecule has 0 radical (unpaired) electrons. The number of nitrogen functional groups attached to an aromatic ring is 1. The molecule has 0 bridgehead atoms. The Morgan fingerprint density at radius 3 is 2.36 bits per heavy atom. The lowest BCUT2D eigenvalue weighted by Gasteiger charge is -2.34. The number of nitrogens with zero attached hydrogens (tertiary/aromatic N) is 2. The van der Waals surface area contributed by atoms with Gasteiger partial charge in [0.1, 0.15) is 16.7 Å². The summed E-state index contributed by atoms with van der Waals surface area (Å²) in [7, 11) is 0. The summed E-state index contributed by atoms with van der Waals surface area (Å²) in [5.41, 5.74) is 12.1. The van der Waals surface area contributed by atoms with Crippen molar-refractivity contribution >= 4 is 51.4 Å². The highest BCUT2D eigenvalue weighted by Gasteiger charge is 2.37. The molecule has 3 aromatic carbocycles. The molecule has 8 nitrogen and oxygen atoms in total. The highest BCUT2D eigenvalue weighted by molar-refractivity contribution is 7.09. The summed E-state index contributed by atoms with van der Waals surface area (Å²) in [6, 6.07) is 17.2. The molecule has 10 heteroatoms. The molecule has 1 fully saturated rings. The molecule has 0 spiro atoms. The Bertz CT molecular complexity index is 1530. The van der Waals surface area contributed by atoms with E-state index in [1.54, 1.807) is 12.1 Å². The third kappa shape index (κ3) is 5.33. The van der Waals surface area contributed by atoms with E-state index in [9.17, 15) is 18.8 Å². The first-order valence-corrected chi connectivity index (χ1v) is 13.5. The second kappa shape index (κ2) is 11.2. The minimum absolute atomic E-state index is 0.0192. The Balaban J connectivity index is 1.70. The number of benzene rings is 3. The van der Waals surface area contributed by atoms with E-state index in [0.717, 1.165) is 54.4 Å². The van der Waals surface area contributed by atoms with Crippen molar-refractivity contribution in [1.82, 2.24) is 9.69 Å². The van der Waals surface area contributed by atoms with E-state index in [2.05, 4.69) is 9.69 Å². The number of aromatic nitrogens is 1. The van der Waals surface area contributed by atoms with Gasteiger partial charge in [0.2, 0.25) is 5.91 Å². The fourth-order valence-electron chi connectivity index (χ4n) is 5.11. The van der Waals surface area contributed by atoms with Crippen molar-refractivity contribution in [3.05, 3.63) is 88.7 Å². The molecule has 1 aliphatic rings. The number of carbonyl (C=O) groups excluding carboxylic acids is 3. The summed E-state index contributed by atoms with van der Waals surface area (Å²) in [5, 5.41) is 4.71. The van der Waals surface area contributed by atoms with Crippen LogP contribution in [0.1, 0.15) is 63.9 Å². The largest absolute Gasteiger partial charge is 0.395 e. The van der Waals surface area contributed by atoms with Gasteiger partial charge in [0.05, 0.1) is 11.4 Å². The molecule has 5 rings (SSSR count). The second-order valence-electron chi connectivity index (χ2n) is 9.61. The molecular weight excluding hydrogens is 517 g/mol. The molecule has 200 valence electrons. The van der Waals surface area contributed by atoms with Crippen LogP contribution in [0.5, 0.6) is 0 Å². The van der Waals surface area contributed by atoms with Crippen molar-refractivity contribution in [3.63, 3.8) is 0 Å². The van der Waals surface area contributed by atoms with Gasteiger partial charge >= 0.3 is 0 Å². The van der Waals surface area contributed by atoms with E-state index in [4.69, 9.17) is 11.5 Å². The normalized spacial score (nSPS) is 14.6. The maximum absolute atomic E-state index is 14.3. The van der Waals surface area contributed by atoms with Gasteiger partial charge in [-0.05, 0) is 53.5 Å². The lowest BCUT2D eigenvalue weighted by molar-refractivity contribution is -0.123. The van der Waals surface area contributed by atoms with Gasteiger partial charge in [-0.25, -0.2) is 4.39 Å². The van der Waals surface area contributed by atoms with Gasteiger partial charge in [0.15, 0.2) is 5.69 Å². The van der Waals surface area contributed by atoms with Crippen molar-refractivity contribution < 1.29 is 18.8 Å². The molecule has 1 heterocycles. The molecule has 0 aliphatic heterocycles. The van der Waals surface area contributed by atoms with E-state index < -0.39 is 29.6 Å². The highest BCUT2D eigenvalue weighted by atomic mass is 32.1. The van der Waals surface area contributed by atoms with Crippen LogP contribution in [0.4, 0.5) is 15.8 Å². The Morgan fingerprint density at radius 1 is 0.974 bits per heavy atom. The Kier molecular flexibility index (Phi) is 7.56. The Hall–Kier alpha value is -4.31. The third-order valence-corrected chi connectivity index (χ3v) is 7.90. The van der Waals surface area contributed by atoms with E-state index in [0.29, 0.717) is 11.3 Å². The molecule has 1 atom stereocenters. The fraction of sp³-hybridized carbons (Fsp3) is 0.241. The van der Waals surface area contributed by atoms with E-state index in [1.165, 1.54) is 29.2 Å². The number of hydrogen-bond acceptors (Lipinski definition) is 6. The summed E-state index contributed by atoms with van der Waals surface area (Å²) >= 11 is 0.745. The van der Waals surface area contributed by atoms with Crippen LogP contribution in [-0.4, -0.2) is 28.1 Å². The SMILES string of the molecule is NC(=O)c1nsc(C(=O)N(c2cccc3ccccc23)C(C(=O)NC2CCCCC2)c2ccc(F)cc2)c1N. The topological polar surface area (TPSA) is 131 Å². The van der Waals surface area contributed by atoms with Gasteiger partial charge in [-0.3, -0.25) is 19.3 Å². The Labute approximate surface area is 229 Å². The lowest BCUT2D eigenvalue weighted by Crippen LogP contribution is -2.47. The van der Waals surface area contributed by atoms with Crippen LogP contribution in [0.3, 0.4) is 0 Å². The highest BCUT2D eigenvalue weighted by Crippen LogP contribution is 2.37. The van der Waals surface area contributed by atoms with Gasteiger partial charge in [0, 0.05) is 11.4 Å². The third-order valence-electron chi connectivity index (χ3n) is 7.04. The number of hydrogen-bond donors (Lipinski definition) is 3. The molecule has 39 heavy (non-hydrogen) atoms. The van der Waals surface area contributed by atoms with Crippen LogP contribution in [0.2, 0.25) is 0 Å². The zero-order valence-electron chi connectivity index (χ0n) is 21.1. The molecule has 3 amide bonds. The predicted molar refractivity (Wildman–Crippen MR) is 150 cm³/mol. The van der Waals surface area contributed by atoms with Gasteiger partial charge in [-0.1, -0.05) is 67.8 Å². The van der Waals surface area contributed by atoms with Crippen LogP contribution in [0, 0.1) is 5.82 Å². The molecule has 1 unspecified atom stereocenters. The zero-order valence-corrected chi connectivity index (χ0v) is 21.9. The predicted octanol–water partition coefficient (Wildman–Crippen LogP) is 4.95. The lowest BCUT2D eigenvalue weighted by atomic mass is 9.94. The van der Waals surface area contributed by atoms with E-state index >= 15 is 0 Å². The molecule has 5 N–H and O–H groups in total. The standard InChI is InChI=1S/C29H28FN5O3S/c30-19-15-13-18(14-16-19)25(28(37)33-20-9-2-1-3-10-20)35(22-12-6-8-17-7-4-5-11-21(17)22)29(38)26-23(31)24(27(32)36)34-39-26/h4-8,11-16,20,25H,1-3,9-10,31H2,(H2,32,36)(H,33,37). The van der Waals surface area contributed by atoms with Gasteiger partial charge in [-0.2, -0.15) is 4.37 Å². The van der Waals surface area contributed by atoms with E-state index in [-0.39, 0.29) is 22.3 Å². The first kappa shape index (κ1) is 26.3. The number of fused-ring (bicyclic) bond motifs is 1. The fourth-order valence-corrected chi connectivity index (χ4v) is 5.85. The van der Waals surface area contributed by atoms with Crippen molar-refractivity contribution in [2.24, 2.45) is 5.73 Å². The first-order chi connectivity index (χ1) is 18.8. The monoisotopic (exact) mass is 545 g/mol. The number of primary amides is 1. The van der Waals surface area contributed by atoms with Crippen molar-refractivity contribution in [2.45, 2.75) is 44.2 Å². The summed E-state index contributed by atoms with van der Waals surface area (Å²) < 4.78 is 18.0. The number of rotatable bonds is 7. The number of nitrogens with one attached hydrogen (secondary N) is 1. The number of nitrogens with two attached hydrogens (primary N) is 2. The van der Waals surface area contributed by atoms with Gasteiger partial charge in [0.25, 0.3) is 11.8 Å². The van der Waals surface area contributed by atoms with Crippen LogP contribution in [-0.2, 0) is 4.79 Å². The van der Waals surface area contributed by atoms with Crippen LogP contribution >= 0.6 is 11.5 Å². The summed E-state index contributed by atoms with van der Waals surface area (Å²) in [6.07, 6.45) is 4.81. The van der Waals surface area contributed by atoms with Crippen molar-refractivity contribution in [3.8, 4) is 0 Å². The van der Waals surface area contributed by atoms with Crippen molar-refractivity contribution in [2.75, 3.05) is 10.6 Å².